The summed E-state index contributed by atoms with van der Waals surface area (Å²) in [6, 6.07) is 0.624. The molecule has 0 aromatic carbocycles. The Morgan fingerprint density at radius 2 is 1.71 bits per heavy atom. The van der Waals surface area contributed by atoms with Gasteiger partial charge in [-0.25, -0.2) is 0 Å². The van der Waals surface area contributed by atoms with Gasteiger partial charge >= 0.3 is 12.0 Å². The Morgan fingerprint density at radius 1 is 1.00 bits per heavy atom. The number of rotatable bonds is 10. The molecule has 1 N–H and O–H groups in total. The van der Waals surface area contributed by atoms with Gasteiger partial charge in [0.25, 0.3) is 0 Å². The van der Waals surface area contributed by atoms with E-state index >= 15 is 0 Å². The van der Waals surface area contributed by atoms with Crippen LogP contribution in [0.2, 0.25) is 0 Å². The Morgan fingerprint density at radius 3 is 2.33 bits per heavy atom. The van der Waals surface area contributed by atoms with Crippen molar-refractivity contribution >= 4 is 5.95 Å². The Balaban J connectivity index is 2.75. The van der Waals surface area contributed by atoms with Crippen LogP contribution in [-0.2, 0) is 0 Å². The molecule has 0 spiro atoms. The summed E-state index contributed by atoms with van der Waals surface area (Å²) in [5.74, 6) is 0.980. The van der Waals surface area contributed by atoms with Crippen molar-refractivity contribution in [3.8, 4) is 12.0 Å². The van der Waals surface area contributed by atoms with Crippen LogP contribution in [0.25, 0.3) is 0 Å². The minimum Gasteiger partial charge on any atom is -0.463 e. The van der Waals surface area contributed by atoms with Gasteiger partial charge in [0.15, 0.2) is 0 Å². The number of hydrogen-bond donors (Lipinski definition) is 1. The van der Waals surface area contributed by atoms with Crippen molar-refractivity contribution in [2.45, 2.75) is 60.0 Å². The first-order chi connectivity index (χ1) is 10.0. The Kier molecular flexibility index (Phi) is 7.79. The van der Waals surface area contributed by atoms with Crippen molar-refractivity contribution in [3.63, 3.8) is 0 Å². The van der Waals surface area contributed by atoms with E-state index in [0.29, 0.717) is 30.5 Å². The lowest BCUT2D eigenvalue weighted by Gasteiger charge is -2.13. The summed E-state index contributed by atoms with van der Waals surface area (Å²) >= 11 is 0. The van der Waals surface area contributed by atoms with E-state index in [4.69, 9.17) is 9.47 Å². The van der Waals surface area contributed by atoms with Crippen molar-refractivity contribution in [1.29, 1.82) is 0 Å². The summed E-state index contributed by atoms with van der Waals surface area (Å²) < 4.78 is 11.2. The molecule has 0 fully saturated rings. The maximum atomic E-state index is 5.68. The molecule has 0 amide bonds. The second-order valence-corrected chi connectivity index (χ2v) is 5.52. The normalized spacial score (nSPS) is 12.3. The van der Waals surface area contributed by atoms with Crippen LogP contribution in [0.3, 0.4) is 0 Å². The van der Waals surface area contributed by atoms with Gasteiger partial charge in [0, 0.05) is 6.54 Å². The molecule has 120 valence electrons. The molecule has 1 rings (SSSR count). The van der Waals surface area contributed by atoms with Gasteiger partial charge in [-0.15, -0.1) is 4.98 Å². The third-order valence-corrected chi connectivity index (χ3v) is 2.75. The summed E-state index contributed by atoms with van der Waals surface area (Å²) in [6.07, 6.45) is 3.28. The molecule has 0 bridgehead atoms. The third-order valence-electron chi connectivity index (χ3n) is 2.75. The lowest BCUT2D eigenvalue weighted by molar-refractivity contribution is 0.203. The summed E-state index contributed by atoms with van der Waals surface area (Å²) in [5.41, 5.74) is 0. The van der Waals surface area contributed by atoms with E-state index in [2.05, 4.69) is 41.0 Å². The maximum Gasteiger partial charge on any atom is 0.324 e. The van der Waals surface area contributed by atoms with Crippen LogP contribution in [0.15, 0.2) is 0 Å². The molecule has 1 aromatic rings. The average molecular weight is 296 g/mol. The highest BCUT2D eigenvalue weighted by Gasteiger charge is 2.11. The third kappa shape index (κ3) is 7.11. The van der Waals surface area contributed by atoms with E-state index in [0.717, 1.165) is 25.8 Å². The second-order valence-electron chi connectivity index (χ2n) is 5.52. The molecule has 0 saturated heterocycles. The highest BCUT2D eigenvalue weighted by molar-refractivity contribution is 5.27. The van der Waals surface area contributed by atoms with Crippen LogP contribution in [0.4, 0.5) is 5.95 Å². The van der Waals surface area contributed by atoms with Gasteiger partial charge in [-0.1, -0.05) is 27.2 Å². The molecular formula is C15H28N4O2. The molecule has 0 aliphatic carbocycles. The monoisotopic (exact) mass is 296 g/mol. The molecule has 0 aliphatic heterocycles. The van der Waals surface area contributed by atoms with Gasteiger partial charge < -0.3 is 14.8 Å². The second kappa shape index (κ2) is 9.37. The smallest absolute Gasteiger partial charge is 0.324 e. The van der Waals surface area contributed by atoms with Crippen molar-refractivity contribution in [1.82, 2.24) is 15.0 Å². The lowest BCUT2D eigenvalue weighted by Crippen LogP contribution is -2.15. The van der Waals surface area contributed by atoms with E-state index in [9.17, 15) is 0 Å². The van der Waals surface area contributed by atoms with Crippen LogP contribution in [0, 0.1) is 5.92 Å². The maximum absolute atomic E-state index is 5.68. The number of anilines is 1. The zero-order valence-corrected chi connectivity index (χ0v) is 13.8. The van der Waals surface area contributed by atoms with E-state index in [1.807, 2.05) is 13.8 Å². The molecule has 6 heteroatoms. The fourth-order valence-electron chi connectivity index (χ4n) is 1.77. The highest BCUT2D eigenvalue weighted by Crippen LogP contribution is 2.15. The van der Waals surface area contributed by atoms with Crippen LogP contribution in [-0.4, -0.2) is 34.2 Å². The SMILES string of the molecule is CCCNc1nc(OCC(C)CCC)nc(OC(C)C)n1. The molecule has 0 radical (unpaired) electrons. The van der Waals surface area contributed by atoms with Crippen molar-refractivity contribution in [3.05, 3.63) is 0 Å². The zero-order chi connectivity index (χ0) is 15.7. The van der Waals surface area contributed by atoms with Gasteiger partial charge in [0.1, 0.15) is 0 Å². The first kappa shape index (κ1) is 17.5. The molecule has 0 saturated carbocycles. The Bertz CT molecular complexity index is 413. The van der Waals surface area contributed by atoms with Crippen molar-refractivity contribution in [2.75, 3.05) is 18.5 Å². The number of nitrogens with one attached hydrogen (secondary N) is 1. The fraction of sp³-hybridized carbons (Fsp3) is 0.800. The minimum atomic E-state index is 0.0123. The molecule has 1 aromatic heterocycles. The predicted molar refractivity (Wildman–Crippen MR) is 83.9 cm³/mol. The van der Waals surface area contributed by atoms with Crippen molar-refractivity contribution in [2.24, 2.45) is 5.92 Å². The van der Waals surface area contributed by atoms with E-state index in [-0.39, 0.29) is 6.10 Å². The highest BCUT2D eigenvalue weighted by atomic mass is 16.5. The van der Waals surface area contributed by atoms with Crippen LogP contribution >= 0.6 is 0 Å². The van der Waals surface area contributed by atoms with Gasteiger partial charge in [-0.05, 0) is 32.6 Å². The van der Waals surface area contributed by atoms with Crippen molar-refractivity contribution < 1.29 is 9.47 Å². The largest absolute Gasteiger partial charge is 0.463 e. The van der Waals surface area contributed by atoms with E-state index in [1.165, 1.54) is 0 Å². The van der Waals surface area contributed by atoms with E-state index < -0.39 is 0 Å². The van der Waals surface area contributed by atoms with Crippen LogP contribution in [0.5, 0.6) is 12.0 Å². The first-order valence-corrected chi connectivity index (χ1v) is 7.84. The van der Waals surface area contributed by atoms with E-state index in [1.54, 1.807) is 0 Å². The molecule has 1 atom stereocenters. The first-order valence-electron chi connectivity index (χ1n) is 7.84. The average Bonchev–Trinajstić information content (AvgIpc) is 2.42. The minimum absolute atomic E-state index is 0.0123. The molecule has 0 aliphatic rings. The number of aromatic nitrogens is 3. The van der Waals surface area contributed by atoms with Crippen LogP contribution in [0.1, 0.15) is 53.9 Å². The fourth-order valence-corrected chi connectivity index (χ4v) is 1.77. The summed E-state index contributed by atoms with van der Waals surface area (Å²) in [7, 11) is 0. The van der Waals surface area contributed by atoms with Crippen LogP contribution < -0.4 is 14.8 Å². The molecule has 21 heavy (non-hydrogen) atoms. The van der Waals surface area contributed by atoms with Gasteiger partial charge in [-0.3, -0.25) is 0 Å². The molecule has 6 nitrogen and oxygen atoms in total. The quantitative estimate of drug-likeness (QED) is 0.714. The topological polar surface area (TPSA) is 69.2 Å². The summed E-state index contributed by atoms with van der Waals surface area (Å²) in [6.45, 7) is 11.7. The number of hydrogen-bond acceptors (Lipinski definition) is 6. The number of nitrogens with zero attached hydrogens (tertiary/aromatic N) is 3. The Labute approximate surface area is 127 Å². The summed E-state index contributed by atoms with van der Waals surface area (Å²) in [5, 5.41) is 3.14. The molecule has 1 unspecified atom stereocenters. The molecular weight excluding hydrogens is 268 g/mol. The Hall–Kier alpha value is -1.59. The van der Waals surface area contributed by atoms with Gasteiger partial charge in [0.2, 0.25) is 5.95 Å². The lowest BCUT2D eigenvalue weighted by atomic mass is 10.1. The zero-order valence-electron chi connectivity index (χ0n) is 13.8. The van der Waals surface area contributed by atoms with Gasteiger partial charge in [-0.2, -0.15) is 9.97 Å². The van der Waals surface area contributed by atoms with Gasteiger partial charge in [0.05, 0.1) is 12.7 Å². The predicted octanol–water partition coefficient (Wildman–Crippen LogP) is 3.30. The summed E-state index contributed by atoms with van der Waals surface area (Å²) in [4.78, 5) is 12.7. The number of ether oxygens (including phenoxy) is 2. The molecule has 1 heterocycles. The standard InChI is InChI=1S/C15H28N4O2/c1-6-8-12(5)10-20-14-17-13(16-9-7-2)18-15(19-14)21-11(3)4/h11-12H,6-10H2,1-5H3,(H,16,17,18,19).